The number of hydrogen-bond acceptors (Lipinski definition) is 2. The fourth-order valence-electron chi connectivity index (χ4n) is 2.22. The molecular formula is C12H16Cl2F4N2. The highest BCUT2D eigenvalue weighted by Gasteiger charge is 2.45. The van der Waals surface area contributed by atoms with E-state index in [0.717, 1.165) is 6.07 Å². The van der Waals surface area contributed by atoms with Gasteiger partial charge in [0.1, 0.15) is 11.9 Å². The number of rotatable bonds is 2. The van der Waals surface area contributed by atoms with Crippen LogP contribution in [0.4, 0.5) is 17.6 Å². The molecule has 0 aliphatic carbocycles. The van der Waals surface area contributed by atoms with Crippen molar-refractivity contribution in [3.63, 3.8) is 0 Å². The molecule has 0 aromatic heterocycles. The fraction of sp³-hybridized carbons (Fsp3) is 0.500. The molecule has 2 rings (SSSR count). The van der Waals surface area contributed by atoms with Crippen LogP contribution in [0.1, 0.15) is 11.6 Å². The van der Waals surface area contributed by atoms with Gasteiger partial charge in [-0.05, 0) is 6.07 Å². The Morgan fingerprint density at radius 3 is 2.10 bits per heavy atom. The Morgan fingerprint density at radius 2 is 1.60 bits per heavy atom. The molecule has 0 amide bonds. The number of alkyl halides is 3. The van der Waals surface area contributed by atoms with Crippen molar-refractivity contribution in [2.45, 2.75) is 12.2 Å². The highest BCUT2D eigenvalue weighted by molar-refractivity contribution is 5.85. The minimum absolute atomic E-state index is 0. The van der Waals surface area contributed by atoms with E-state index in [4.69, 9.17) is 0 Å². The van der Waals surface area contributed by atoms with Gasteiger partial charge in [0.05, 0.1) is 0 Å². The second kappa shape index (κ2) is 8.02. The zero-order chi connectivity index (χ0) is 13.2. The Labute approximate surface area is 127 Å². The molecule has 0 spiro atoms. The van der Waals surface area contributed by atoms with Crippen molar-refractivity contribution >= 4 is 24.8 Å². The second-order valence-electron chi connectivity index (χ2n) is 4.25. The minimum Gasteiger partial charge on any atom is -0.314 e. The van der Waals surface area contributed by atoms with Crippen molar-refractivity contribution in [2.75, 3.05) is 26.2 Å². The van der Waals surface area contributed by atoms with Gasteiger partial charge in [-0.2, -0.15) is 13.2 Å². The minimum atomic E-state index is -4.47. The van der Waals surface area contributed by atoms with Gasteiger partial charge in [0, 0.05) is 31.7 Å². The van der Waals surface area contributed by atoms with Gasteiger partial charge in [-0.3, -0.25) is 4.90 Å². The molecular weight excluding hydrogens is 319 g/mol. The molecule has 0 bridgehead atoms. The van der Waals surface area contributed by atoms with Crippen molar-refractivity contribution < 1.29 is 17.6 Å². The molecule has 1 heterocycles. The van der Waals surface area contributed by atoms with Crippen LogP contribution in [-0.4, -0.2) is 37.3 Å². The SMILES string of the molecule is Cl.Cl.Fc1ccccc1[C@H](N1CCNCC1)C(F)(F)F. The molecule has 1 N–H and O–H groups in total. The van der Waals surface area contributed by atoms with Crippen LogP contribution in [0.5, 0.6) is 0 Å². The Kier molecular flexibility index (Phi) is 7.80. The average molecular weight is 335 g/mol. The van der Waals surface area contributed by atoms with Crippen molar-refractivity contribution in [3.05, 3.63) is 35.6 Å². The van der Waals surface area contributed by atoms with E-state index >= 15 is 0 Å². The van der Waals surface area contributed by atoms with Crippen LogP contribution in [0, 0.1) is 5.82 Å². The maximum absolute atomic E-state index is 13.6. The summed E-state index contributed by atoms with van der Waals surface area (Å²) in [4.78, 5) is 1.27. The third kappa shape index (κ3) is 4.48. The molecule has 116 valence electrons. The fourth-order valence-corrected chi connectivity index (χ4v) is 2.22. The van der Waals surface area contributed by atoms with Crippen molar-refractivity contribution in [1.29, 1.82) is 0 Å². The highest BCUT2D eigenvalue weighted by Crippen LogP contribution is 2.38. The van der Waals surface area contributed by atoms with Crippen molar-refractivity contribution in [2.24, 2.45) is 0 Å². The maximum atomic E-state index is 13.6. The molecule has 1 atom stereocenters. The first-order valence-electron chi connectivity index (χ1n) is 5.76. The normalized spacial score (nSPS) is 17.8. The number of nitrogens with one attached hydrogen (secondary N) is 1. The Balaban J connectivity index is 0.00000180. The first kappa shape index (κ1) is 19.4. The summed E-state index contributed by atoms with van der Waals surface area (Å²) < 4.78 is 53.0. The van der Waals surface area contributed by atoms with E-state index in [-0.39, 0.29) is 43.5 Å². The third-order valence-corrected chi connectivity index (χ3v) is 3.03. The van der Waals surface area contributed by atoms with Gasteiger partial charge in [-0.1, -0.05) is 18.2 Å². The van der Waals surface area contributed by atoms with Gasteiger partial charge in [0.2, 0.25) is 0 Å². The van der Waals surface area contributed by atoms with Crippen LogP contribution in [0.2, 0.25) is 0 Å². The number of piperazine rings is 1. The predicted molar refractivity (Wildman–Crippen MR) is 74.1 cm³/mol. The molecule has 8 heteroatoms. The zero-order valence-electron chi connectivity index (χ0n) is 10.5. The summed E-state index contributed by atoms with van der Waals surface area (Å²) in [7, 11) is 0. The smallest absolute Gasteiger partial charge is 0.314 e. The molecule has 0 saturated carbocycles. The Bertz CT molecular complexity index is 409. The number of halogens is 6. The lowest BCUT2D eigenvalue weighted by Crippen LogP contribution is -2.49. The summed E-state index contributed by atoms with van der Waals surface area (Å²) in [5, 5.41) is 2.98. The van der Waals surface area contributed by atoms with Crippen LogP contribution in [0.3, 0.4) is 0 Å². The van der Waals surface area contributed by atoms with E-state index in [1.54, 1.807) is 0 Å². The van der Waals surface area contributed by atoms with Crippen LogP contribution in [0.15, 0.2) is 24.3 Å². The van der Waals surface area contributed by atoms with Gasteiger partial charge >= 0.3 is 6.18 Å². The predicted octanol–water partition coefficient (Wildman–Crippen LogP) is 3.18. The number of hydrogen-bond donors (Lipinski definition) is 1. The molecule has 1 aliphatic heterocycles. The van der Waals surface area contributed by atoms with Gasteiger partial charge in [-0.25, -0.2) is 4.39 Å². The summed E-state index contributed by atoms with van der Waals surface area (Å²) in [6.45, 7) is 1.50. The lowest BCUT2D eigenvalue weighted by Gasteiger charge is -2.36. The molecule has 0 radical (unpaired) electrons. The monoisotopic (exact) mass is 334 g/mol. The lowest BCUT2D eigenvalue weighted by molar-refractivity contribution is -0.188. The Morgan fingerprint density at radius 1 is 1.05 bits per heavy atom. The van der Waals surface area contributed by atoms with Gasteiger partial charge in [0.15, 0.2) is 0 Å². The third-order valence-electron chi connectivity index (χ3n) is 3.03. The lowest BCUT2D eigenvalue weighted by atomic mass is 10.0. The summed E-state index contributed by atoms with van der Waals surface area (Å²) in [5.74, 6) is -0.807. The topological polar surface area (TPSA) is 15.3 Å². The van der Waals surface area contributed by atoms with Crippen molar-refractivity contribution in [1.82, 2.24) is 10.2 Å². The molecule has 1 fully saturated rings. The highest BCUT2D eigenvalue weighted by atomic mass is 35.5. The summed E-state index contributed by atoms with van der Waals surface area (Å²) >= 11 is 0. The first-order valence-corrected chi connectivity index (χ1v) is 5.76. The number of benzene rings is 1. The molecule has 20 heavy (non-hydrogen) atoms. The summed E-state index contributed by atoms with van der Waals surface area (Å²) in [6, 6.07) is 3.23. The van der Waals surface area contributed by atoms with Gasteiger partial charge in [0.25, 0.3) is 0 Å². The maximum Gasteiger partial charge on any atom is 0.408 e. The van der Waals surface area contributed by atoms with E-state index < -0.39 is 18.0 Å². The second-order valence-corrected chi connectivity index (χ2v) is 4.25. The van der Waals surface area contributed by atoms with Crippen LogP contribution >= 0.6 is 24.8 Å². The largest absolute Gasteiger partial charge is 0.408 e. The average Bonchev–Trinajstić information content (AvgIpc) is 2.32. The Hall–Kier alpha value is -0.560. The molecule has 0 unspecified atom stereocenters. The molecule has 1 aliphatic rings. The van der Waals surface area contributed by atoms with E-state index in [1.807, 2.05) is 0 Å². The van der Waals surface area contributed by atoms with Crippen LogP contribution < -0.4 is 5.32 Å². The molecule has 2 nitrogen and oxygen atoms in total. The van der Waals surface area contributed by atoms with Crippen molar-refractivity contribution in [3.8, 4) is 0 Å². The number of nitrogens with zero attached hydrogens (tertiary/aromatic N) is 1. The van der Waals surface area contributed by atoms with E-state index in [0.29, 0.717) is 13.1 Å². The van der Waals surface area contributed by atoms with E-state index in [1.165, 1.54) is 23.1 Å². The summed E-state index contributed by atoms with van der Waals surface area (Å²) in [5.41, 5.74) is -0.299. The van der Waals surface area contributed by atoms with E-state index in [9.17, 15) is 17.6 Å². The van der Waals surface area contributed by atoms with Gasteiger partial charge in [-0.15, -0.1) is 24.8 Å². The van der Waals surface area contributed by atoms with Crippen LogP contribution in [-0.2, 0) is 0 Å². The first-order chi connectivity index (χ1) is 8.50. The summed E-state index contributed by atoms with van der Waals surface area (Å²) in [6.07, 6.45) is -4.47. The van der Waals surface area contributed by atoms with E-state index in [2.05, 4.69) is 5.32 Å². The molecule has 1 aromatic rings. The quantitative estimate of drug-likeness (QED) is 0.835. The van der Waals surface area contributed by atoms with Crippen LogP contribution in [0.25, 0.3) is 0 Å². The standard InChI is InChI=1S/C12H14F4N2.2ClH/c13-10-4-2-1-3-9(10)11(12(14,15)16)18-7-5-17-6-8-18;;/h1-4,11,17H,5-8H2;2*1H/t11-;;/m0../s1. The zero-order valence-corrected chi connectivity index (χ0v) is 12.1. The molecule has 1 saturated heterocycles. The van der Waals surface area contributed by atoms with Gasteiger partial charge < -0.3 is 5.32 Å². The molecule has 1 aromatic carbocycles.